The van der Waals surface area contributed by atoms with E-state index in [1.165, 1.54) is 5.56 Å². The van der Waals surface area contributed by atoms with E-state index >= 15 is 0 Å². The highest BCUT2D eigenvalue weighted by atomic mass is 15.0. The van der Waals surface area contributed by atoms with E-state index in [-0.39, 0.29) is 0 Å². The third-order valence-corrected chi connectivity index (χ3v) is 9.22. The van der Waals surface area contributed by atoms with Crippen LogP contribution >= 0.6 is 0 Å². The molecule has 0 N–H and O–H groups in total. The van der Waals surface area contributed by atoms with Gasteiger partial charge in [-0.2, -0.15) is 0 Å². The van der Waals surface area contributed by atoms with Crippen LogP contribution in [0.1, 0.15) is 5.69 Å². The first-order valence-corrected chi connectivity index (χ1v) is 17.0. The molecule has 5 heteroatoms. The van der Waals surface area contributed by atoms with Crippen molar-refractivity contribution >= 4 is 21.8 Å². The molecule has 0 unspecified atom stereocenters. The lowest BCUT2D eigenvalue weighted by atomic mass is 9.97. The molecule has 0 bridgehead atoms. The molecule has 5 nitrogen and oxygen atoms in total. The van der Waals surface area contributed by atoms with Crippen LogP contribution in [0.2, 0.25) is 0 Å². The number of benzene rings is 6. The van der Waals surface area contributed by atoms with Crippen LogP contribution < -0.4 is 0 Å². The zero-order valence-corrected chi connectivity index (χ0v) is 27.9. The van der Waals surface area contributed by atoms with E-state index in [4.69, 9.17) is 24.9 Å². The molecule has 0 radical (unpaired) electrons. The molecular weight excluding hydrogens is 623 g/mol. The molecule has 3 heterocycles. The fourth-order valence-corrected chi connectivity index (χ4v) is 6.56. The molecule has 0 spiro atoms. The van der Waals surface area contributed by atoms with E-state index in [1.807, 2.05) is 55.5 Å². The number of hydrogen-bond acceptors (Lipinski definition) is 5. The quantitative estimate of drug-likeness (QED) is 0.167. The van der Waals surface area contributed by atoms with Gasteiger partial charge < -0.3 is 0 Å². The number of aromatic nitrogens is 5. The fourth-order valence-electron chi connectivity index (χ4n) is 6.56. The van der Waals surface area contributed by atoms with E-state index in [1.54, 1.807) is 0 Å². The summed E-state index contributed by atoms with van der Waals surface area (Å²) in [5, 5.41) is 2.15. The molecule has 0 aliphatic carbocycles. The van der Waals surface area contributed by atoms with Crippen molar-refractivity contribution in [3.63, 3.8) is 0 Å². The molecule has 0 atom stereocenters. The van der Waals surface area contributed by atoms with Crippen LogP contribution in [0, 0.1) is 6.92 Å². The van der Waals surface area contributed by atoms with Gasteiger partial charge in [0.05, 0.1) is 16.7 Å². The number of aryl methyl sites for hydroxylation is 1. The standard InChI is InChI=1S/C46H31N5/c1-30-17-18-35-27-28-39-40(33-13-7-3-8-14-33)29-41(48-43(39)42(35)47-30)34-21-25-38(26-22-34)46-50-44(36-15-9-4-10-16-36)49-45(51-46)37-23-19-32(20-24-37)31-11-5-2-6-12-31/h2-29H,1H3. The average Bonchev–Trinajstić information content (AvgIpc) is 3.21. The number of rotatable bonds is 6. The zero-order valence-electron chi connectivity index (χ0n) is 27.9. The van der Waals surface area contributed by atoms with E-state index in [0.29, 0.717) is 17.5 Å². The Labute approximate surface area is 296 Å². The number of nitrogens with zero attached hydrogens (tertiary/aromatic N) is 5. The van der Waals surface area contributed by atoms with Crippen LogP contribution in [0.5, 0.6) is 0 Å². The Morgan fingerprint density at radius 1 is 0.333 bits per heavy atom. The van der Waals surface area contributed by atoms with Gasteiger partial charge in [-0.25, -0.2) is 19.9 Å². The Balaban J connectivity index is 1.14. The molecule has 6 aromatic carbocycles. The van der Waals surface area contributed by atoms with Gasteiger partial charge in [-0.1, -0.05) is 158 Å². The van der Waals surface area contributed by atoms with Gasteiger partial charge in [0.2, 0.25) is 0 Å². The summed E-state index contributed by atoms with van der Waals surface area (Å²) in [6.07, 6.45) is 0. The highest BCUT2D eigenvalue weighted by molar-refractivity contribution is 6.09. The molecule has 0 saturated carbocycles. The predicted octanol–water partition coefficient (Wildman–Crippen LogP) is 11.3. The molecule has 3 aromatic heterocycles. The maximum absolute atomic E-state index is 5.24. The Bertz CT molecular complexity index is 2660. The Morgan fingerprint density at radius 2 is 0.784 bits per heavy atom. The second-order valence-corrected chi connectivity index (χ2v) is 12.6. The highest BCUT2D eigenvalue weighted by Gasteiger charge is 2.16. The third kappa shape index (κ3) is 5.91. The monoisotopic (exact) mass is 653 g/mol. The third-order valence-electron chi connectivity index (χ3n) is 9.22. The van der Waals surface area contributed by atoms with Gasteiger partial charge in [0.25, 0.3) is 0 Å². The predicted molar refractivity (Wildman–Crippen MR) is 208 cm³/mol. The van der Waals surface area contributed by atoms with Crippen LogP contribution in [0.3, 0.4) is 0 Å². The van der Waals surface area contributed by atoms with Gasteiger partial charge in [-0.05, 0) is 41.3 Å². The lowest BCUT2D eigenvalue weighted by molar-refractivity contribution is 1.07. The topological polar surface area (TPSA) is 64.5 Å². The van der Waals surface area contributed by atoms with Gasteiger partial charge in [0.15, 0.2) is 17.5 Å². The zero-order chi connectivity index (χ0) is 34.1. The fraction of sp³-hybridized carbons (Fsp3) is 0.0217. The first kappa shape index (κ1) is 30.2. The minimum absolute atomic E-state index is 0.611. The van der Waals surface area contributed by atoms with Crippen molar-refractivity contribution in [1.29, 1.82) is 0 Å². The van der Waals surface area contributed by atoms with Crippen LogP contribution in [0.4, 0.5) is 0 Å². The van der Waals surface area contributed by atoms with E-state index in [2.05, 4.69) is 121 Å². The molecule has 9 rings (SSSR count). The summed E-state index contributed by atoms with van der Waals surface area (Å²) in [4.78, 5) is 25.0. The van der Waals surface area contributed by atoms with Crippen LogP contribution in [0.15, 0.2) is 170 Å². The van der Waals surface area contributed by atoms with E-state index in [9.17, 15) is 0 Å². The van der Waals surface area contributed by atoms with Crippen molar-refractivity contribution in [2.45, 2.75) is 6.92 Å². The molecule has 0 saturated heterocycles. The molecule has 0 aliphatic rings. The van der Waals surface area contributed by atoms with Gasteiger partial charge in [0.1, 0.15) is 0 Å². The first-order valence-electron chi connectivity index (χ1n) is 17.0. The second-order valence-electron chi connectivity index (χ2n) is 12.6. The van der Waals surface area contributed by atoms with Crippen LogP contribution in [-0.2, 0) is 0 Å². The second kappa shape index (κ2) is 12.9. The summed E-state index contributed by atoms with van der Waals surface area (Å²) in [5.74, 6) is 1.87. The lowest BCUT2D eigenvalue weighted by Gasteiger charge is -2.13. The number of hydrogen-bond donors (Lipinski definition) is 0. The van der Waals surface area contributed by atoms with Crippen LogP contribution in [0.25, 0.3) is 89.5 Å². The van der Waals surface area contributed by atoms with Crippen molar-refractivity contribution in [1.82, 2.24) is 24.9 Å². The molecule has 51 heavy (non-hydrogen) atoms. The minimum Gasteiger partial charge on any atom is -0.251 e. The average molecular weight is 654 g/mol. The van der Waals surface area contributed by atoms with Gasteiger partial charge in [0, 0.05) is 38.7 Å². The Hall–Kier alpha value is -6.85. The summed E-state index contributed by atoms with van der Waals surface area (Å²) in [6, 6.07) is 58.3. The van der Waals surface area contributed by atoms with Crippen molar-refractivity contribution in [2.24, 2.45) is 0 Å². The highest BCUT2D eigenvalue weighted by Crippen LogP contribution is 2.36. The first-order chi connectivity index (χ1) is 25.2. The molecule has 240 valence electrons. The van der Waals surface area contributed by atoms with Gasteiger partial charge in [-0.3, -0.25) is 4.98 Å². The molecule has 0 amide bonds. The molecule has 9 aromatic rings. The SMILES string of the molecule is Cc1ccc2ccc3c(-c4ccccc4)cc(-c4ccc(-c5nc(-c6ccccc6)nc(-c6ccc(-c7ccccc7)cc6)n5)cc4)nc3c2n1. The van der Waals surface area contributed by atoms with Crippen molar-refractivity contribution in [2.75, 3.05) is 0 Å². The normalized spacial score (nSPS) is 11.2. The summed E-state index contributed by atoms with van der Waals surface area (Å²) >= 11 is 0. The Kier molecular flexibility index (Phi) is 7.63. The smallest absolute Gasteiger partial charge is 0.164 e. The lowest BCUT2D eigenvalue weighted by Crippen LogP contribution is -2.00. The van der Waals surface area contributed by atoms with E-state index < -0.39 is 0 Å². The molecule has 0 aliphatic heterocycles. The van der Waals surface area contributed by atoms with Gasteiger partial charge >= 0.3 is 0 Å². The summed E-state index contributed by atoms with van der Waals surface area (Å²) in [6.45, 7) is 2.02. The summed E-state index contributed by atoms with van der Waals surface area (Å²) < 4.78 is 0. The molecule has 0 fully saturated rings. The Morgan fingerprint density at radius 3 is 1.37 bits per heavy atom. The minimum atomic E-state index is 0.611. The van der Waals surface area contributed by atoms with E-state index in [0.717, 1.165) is 72.1 Å². The molecular formula is C46H31N5. The summed E-state index contributed by atoms with van der Waals surface area (Å²) in [7, 11) is 0. The maximum Gasteiger partial charge on any atom is 0.164 e. The number of pyridine rings is 2. The van der Waals surface area contributed by atoms with Gasteiger partial charge in [-0.15, -0.1) is 0 Å². The van der Waals surface area contributed by atoms with Crippen LogP contribution in [-0.4, -0.2) is 24.9 Å². The van der Waals surface area contributed by atoms with Crippen molar-refractivity contribution in [3.05, 3.63) is 176 Å². The number of fused-ring (bicyclic) bond motifs is 3. The van der Waals surface area contributed by atoms with Crippen molar-refractivity contribution < 1.29 is 0 Å². The summed E-state index contributed by atoms with van der Waals surface area (Å²) in [5.41, 5.74) is 12.0. The largest absolute Gasteiger partial charge is 0.251 e. The maximum atomic E-state index is 5.24. The van der Waals surface area contributed by atoms with Crippen molar-refractivity contribution in [3.8, 4) is 67.7 Å².